The van der Waals surface area contributed by atoms with Gasteiger partial charge in [-0.1, -0.05) is 30.3 Å². The van der Waals surface area contributed by atoms with Gasteiger partial charge in [-0.05, 0) is 6.92 Å². The van der Waals surface area contributed by atoms with Crippen LogP contribution in [0.15, 0.2) is 41.3 Å². The number of H-pyrrole nitrogens is 1. The first-order valence-electron chi connectivity index (χ1n) is 6.56. The van der Waals surface area contributed by atoms with E-state index in [4.69, 9.17) is 4.74 Å². The average molecular weight is 287 g/mol. The van der Waals surface area contributed by atoms with Crippen LogP contribution in [-0.4, -0.2) is 35.6 Å². The highest BCUT2D eigenvalue weighted by Gasteiger charge is 2.14. The van der Waals surface area contributed by atoms with E-state index < -0.39 is 11.5 Å². The van der Waals surface area contributed by atoms with Gasteiger partial charge in [0, 0.05) is 24.9 Å². The molecule has 0 radical (unpaired) electrons. The van der Waals surface area contributed by atoms with E-state index in [1.165, 1.54) is 6.20 Å². The molecular weight excluding hydrogens is 270 g/mol. The molecule has 0 aliphatic carbocycles. The van der Waals surface area contributed by atoms with E-state index in [0.29, 0.717) is 12.4 Å². The molecule has 1 aromatic heterocycles. The molecule has 6 heteroatoms. The van der Waals surface area contributed by atoms with Crippen LogP contribution in [0.4, 0.5) is 0 Å². The van der Waals surface area contributed by atoms with Crippen molar-refractivity contribution >= 4 is 5.91 Å². The summed E-state index contributed by atoms with van der Waals surface area (Å²) in [6, 6.07) is 9.05. The maximum Gasteiger partial charge on any atom is 0.264 e. The number of nitrogens with zero attached hydrogens (tertiary/aromatic N) is 1. The van der Waals surface area contributed by atoms with Crippen LogP contribution in [0.3, 0.4) is 0 Å². The highest BCUT2D eigenvalue weighted by atomic mass is 16.5. The van der Waals surface area contributed by atoms with Crippen molar-refractivity contribution in [3.05, 3.63) is 52.4 Å². The number of ether oxygens (including phenoxy) is 1. The first-order chi connectivity index (χ1) is 10.1. The van der Waals surface area contributed by atoms with Gasteiger partial charge in [0.1, 0.15) is 11.4 Å². The molecule has 2 rings (SSSR count). The predicted molar refractivity (Wildman–Crippen MR) is 79.1 cm³/mol. The Kier molecular flexibility index (Phi) is 4.84. The Balaban J connectivity index is 2.20. The fraction of sp³-hybridized carbons (Fsp3) is 0.267. The van der Waals surface area contributed by atoms with Crippen LogP contribution < -0.4 is 10.9 Å². The first-order valence-corrected chi connectivity index (χ1v) is 6.56. The Hall–Kier alpha value is -2.47. The Labute approximate surface area is 122 Å². The first kappa shape index (κ1) is 14.9. The Morgan fingerprint density at radius 3 is 2.71 bits per heavy atom. The van der Waals surface area contributed by atoms with Gasteiger partial charge in [0.15, 0.2) is 0 Å². The molecule has 0 aliphatic rings. The van der Waals surface area contributed by atoms with E-state index >= 15 is 0 Å². The molecule has 0 unspecified atom stereocenters. The number of carbonyl (C=O) groups is 1. The van der Waals surface area contributed by atoms with E-state index in [-0.39, 0.29) is 11.6 Å². The molecule has 110 valence electrons. The lowest BCUT2D eigenvalue weighted by atomic mass is 10.2. The molecule has 0 spiro atoms. The lowest BCUT2D eigenvalue weighted by Crippen LogP contribution is -2.38. The van der Waals surface area contributed by atoms with Gasteiger partial charge in [0.05, 0.1) is 6.61 Å². The fourth-order valence-electron chi connectivity index (χ4n) is 1.89. The van der Waals surface area contributed by atoms with Crippen LogP contribution in [0.2, 0.25) is 0 Å². The number of carbonyl (C=O) groups excluding carboxylic acids is 1. The number of aromatic amines is 1. The second-order valence-electron chi connectivity index (χ2n) is 4.67. The monoisotopic (exact) mass is 287 g/mol. The molecular formula is C15H17N3O3. The Bertz CT molecular complexity index is 667. The molecule has 1 amide bonds. The minimum Gasteiger partial charge on any atom is -0.383 e. The molecule has 21 heavy (non-hydrogen) atoms. The Morgan fingerprint density at radius 2 is 2.10 bits per heavy atom. The molecule has 0 fully saturated rings. The Morgan fingerprint density at radius 1 is 1.38 bits per heavy atom. The summed E-state index contributed by atoms with van der Waals surface area (Å²) in [5, 5.41) is 2.67. The smallest absolute Gasteiger partial charge is 0.264 e. The van der Waals surface area contributed by atoms with Crippen LogP contribution in [-0.2, 0) is 4.74 Å². The summed E-state index contributed by atoms with van der Waals surface area (Å²) < 4.78 is 4.93. The molecule has 6 nitrogen and oxygen atoms in total. The van der Waals surface area contributed by atoms with Gasteiger partial charge < -0.3 is 15.0 Å². The van der Waals surface area contributed by atoms with Crippen LogP contribution in [0.25, 0.3) is 11.4 Å². The number of amides is 1. The summed E-state index contributed by atoms with van der Waals surface area (Å²) >= 11 is 0. The van der Waals surface area contributed by atoms with Gasteiger partial charge in [0.2, 0.25) is 0 Å². The quantitative estimate of drug-likeness (QED) is 0.865. The molecule has 2 N–H and O–H groups in total. The summed E-state index contributed by atoms with van der Waals surface area (Å²) in [5.74, 6) is -0.0324. The van der Waals surface area contributed by atoms with Gasteiger partial charge in [0.25, 0.3) is 11.5 Å². The molecule has 0 saturated heterocycles. The molecule has 1 aromatic carbocycles. The van der Waals surface area contributed by atoms with Gasteiger partial charge in [-0.3, -0.25) is 9.59 Å². The number of rotatable bonds is 5. The lowest BCUT2D eigenvalue weighted by molar-refractivity contribution is 0.0903. The topological polar surface area (TPSA) is 84.1 Å². The van der Waals surface area contributed by atoms with Crippen LogP contribution in [0.5, 0.6) is 0 Å². The van der Waals surface area contributed by atoms with Crippen molar-refractivity contribution in [1.82, 2.24) is 15.3 Å². The van der Waals surface area contributed by atoms with Gasteiger partial charge in [-0.15, -0.1) is 0 Å². The number of methoxy groups -OCH3 is 1. The second-order valence-corrected chi connectivity index (χ2v) is 4.67. The van der Waals surface area contributed by atoms with Crippen molar-refractivity contribution in [2.75, 3.05) is 13.7 Å². The third kappa shape index (κ3) is 3.76. The summed E-state index contributed by atoms with van der Waals surface area (Å²) in [6.45, 7) is 2.17. The van der Waals surface area contributed by atoms with Crippen molar-refractivity contribution in [3.63, 3.8) is 0 Å². The number of hydrogen-bond donors (Lipinski definition) is 2. The third-order valence-corrected chi connectivity index (χ3v) is 2.89. The summed E-state index contributed by atoms with van der Waals surface area (Å²) in [4.78, 5) is 30.7. The molecule has 1 heterocycles. The summed E-state index contributed by atoms with van der Waals surface area (Å²) in [7, 11) is 1.55. The zero-order chi connectivity index (χ0) is 15.2. The van der Waals surface area contributed by atoms with E-state index in [0.717, 1.165) is 5.56 Å². The predicted octanol–water partition coefficient (Wildman–Crippen LogP) is 1.20. The number of nitrogens with one attached hydrogen (secondary N) is 2. The second kappa shape index (κ2) is 6.81. The van der Waals surface area contributed by atoms with E-state index in [1.54, 1.807) is 14.0 Å². The molecule has 1 atom stereocenters. The van der Waals surface area contributed by atoms with Crippen molar-refractivity contribution in [3.8, 4) is 11.4 Å². The minimum atomic E-state index is -0.467. The number of hydrogen-bond acceptors (Lipinski definition) is 4. The molecule has 2 aromatic rings. The van der Waals surface area contributed by atoms with E-state index in [2.05, 4.69) is 15.3 Å². The van der Waals surface area contributed by atoms with Gasteiger partial charge >= 0.3 is 0 Å². The van der Waals surface area contributed by atoms with Crippen molar-refractivity contribution in [2.24, 2.45) is 0 Å². The van der Waals surface area contributed by atoms with Crippen molar-refractivity contribution in [2.45, 2.75) is 13.0 Å². The summed E-state index contributed by atoms with van der Waals surface area (Å²) in [6.07, 6.45) is 1.29. The average Bonchev–Trinajstić information content (AvgIpc) is 2.48. The minimum absolute atomic E-state index is 0.0161. The largest absolute Gasteiger partial charge is 0.383 e. The SMILES string of the molecule is COC[C@H](C)NC(=O)c1cnc(-c2ccccc2)[nH]c1=O. The lowest BCUT2D eigenvalue weighted by Gasteiger charge is -2.12. The highest BCUT2D eigenvalue weighted by molar-refractivity contribution is 5.93. The van der Waals surface area contributed by atoms with Crippen molar-refractivity contribution < 1.29 is 9.53 Å². The zero-order valence-corrected chi connectivity index (χ0v) is 11.9. The highest BCUT2D eigenvalue weighted by Crippen LogP contribution is 2.11. The third-order valence-electron chi connectivity index (χ3n) is 2.89. The maximum absolute atomic E-state index is 12.0. The van der Waals surface area contributed by atoms with Gasteiger partial charge in [-0.25, -0.2) is 4.98 Å². The normalized spacial score (nSPS) is 11.9. The number of aromatic nitrogens is 2. The van der Waals surface area contributed by atoms with Crippen LogP contribution in [0.1, 0.15) is 17.3 Å². The zero-order valence-electron chi connectivity index (χ0n) is 11.9. The fourth-order valence-corrected chi connectivity index (χ4v) is 1.89. The maximum atomic E-state index is 12.0. The number of benzene rings is 1. The van der Waals surface area contributed by atoms with E-state index in [1.807, 2.05) is 30.3 Å². The van der Waals surface area contributed by atoms with Gasteiger partial charge in [-0.2, -0.15) is 0 Å². The standard InChI is InChI=1S/C15H17N3O3/c1-10(9-21-2)17-14(19)12-8-16-13(18-15(12)20)11-6-4-3-5-7-11/h3-8,10H,9H2,1-2H3,(H,17,19)(H,16,18,20)/t10-/m0/s1. The van der Waals surface area contributed by atoms with Crippen LogP contribution in [0, 0.1) is 0 Å². The van der Waals surface area contributed by atoms with Crippen molar-refractivity contribution in [1.29, 1.82) is 0 Å². The van der Waals surface area contributed by atoms with Crippen LogP contribution >= 0.6 is 0 Å². The molecule has 0 aliphatic heterocycles. The molecule has 0 bridgehead atoms. The summed E-state index contributed by atoms with van der Waals surface area (Å²) in [5.41, 5.74) is 0.304. The molecule has 0 saturated carbocycles. The van der Waals surface area contributed by atoms with E-state index in [9.17, 15) is 9.59 Å².